The van der Waals surface area contributed by atoms with E-state index in [-0.39, 0.29) is 17.1 Å². The lowest BCUT2D eigenvalue weighted by molar-refractivity contribution is -0.140. The number of carbonyl (C=O) groups excluding carboxylic acids is 1. The van der Waals surface area contributed by atoms with E-state index in [4.69, 9.17) is 9.47 Å². The minimum Gasteiger partial charge on any atom is -0.496 e. The molecule has 1 aromatic rings. The zero-order valence-corrected chi connectivity index (χ0v) is 15.8. The van der Waals surface area contributed by atoms with Gasteiger partial charge in [0, 0.05) is 50.7 Å². The zero-order valence-electron chi connectivity index (χ0n) is 15.8. The minimum atomic E-state index is -0.235. The van der Waals surface area contributed by atoms with Crippen molar-refractivity contribution < 1.29 is 18.7 Å². The van der Waals surface area contributed by atoms with Crippen LogP contribution in [0.5, 0.6) is 5.75 Å². The van der Waals surface area contributed by atoms with Gasteiger partial charge in [0.15, 0.2) is 0 Å². The maximum Gasteiger partial charge on any atom is 0.222 e. The van der Waals surface area contributed by atoms with Gasteiger partial charge < -0.3 is 14.4 Å². The first-order valence-electron chi connectivity index (χ1n) is 9.37. The van der Waals surface area contributed by atoms with Crippen molar-refractivity contribution in [3.63, 3.8) is 0 Å². The fourth-order valence-electron chi connectivity index (χ4n) is 4.40. The Hall–Kier alpha value is -1.66. The molecule has 2 aliphatic rings. The molecule has 2 aliphatic heterocycles. The Kier molecular flexibility index (Phi) is 6.14. The van der Waals surface area contributed by atoms with Crippen LogP contribution in [-0.4, -0.2) is 62.7 Å². The van der Waals surface area contributed by atoms with Crippen LogP contribution in [-0.2, 0) is 16.1 Å². The average molecular weight is 364 g/mol. The first-order chi connectivity index (χ1) is 12.5. The summed E-state index contributed by atoms with van der Waals surface area (Å²) in [6.07, 6.45) is 3.79. The van der Waals surface area contributed by atoms with Gasteiger partial charge in [0.25, 0.3) is 0 Å². The maximum atomic E-state index is 13.7. The summed E-state index contributed by atoms with van der Waals surface area (Å²) in [4.78, 5) is 16.6. The van der Waals surface area contributed by atoms with Crippen LogP contribution >= 0.6 is 0 Å². The number of methoxy groups -OCH3 is 2. The molecule has 6 heteroatoms. The van der Waals surface area contributed by atoms with Crippen molar-refractivity contribution in [1.82, 2.24) is 9.80 Å². The summed E-state index contributed by atoms with van der Waals surface area (Å²) in [5.74, 6) is 0.727. The molecule has 26 heavy (non-hydrogen) atoms. The van der Waals surface area contributed by atoms with Crippen molar-refractivity contribution in [1.29, 1.82) is 0 Å². The third-order valence-corrected chi connectivity index (χ3v) is 5.69. The third kappa shape index (κ3) is 4.35. The summed E-state index contributed by atoms with van der Waals surface area (Å²) >= 11 is 0. The lowest BCUT2D eigenvalue weighted by Gasteiger charge is -2.48. The average Bonchev–Trinajstić information content (AvgIpc) is 2.63. The number of benzene rings is 1. The van der Waals surface area contributed by atoms with Gasteiger partial charge in [-0.2, -0.15) is 0 Å². The molecule has 0 unspecified atom stereocenters. The van der Waals surface area contributed by atoms with Crippen LogP contribution in [0.4, 0.5) is 4.39 Å². The van der Waals surface area contributed by atoms with Crippen LogP contribution < -0.4 is 4.74 Å². The molecule has 2 saturated heterocycles. The van der Waals surface area contributed by atoms with Crippen LogP contribution in [0.1, 0.15) is 31.2 Å². The van der Waals surface area contributed by atoms with Gasteiger partial charge in [-0.1, -0.05) is 0 Å². The highest BCUT2D eigenvalue weighted by Crippen LogP contribution is 2.39. The fourth-order valence-corrected chi connectivity index (χ4v) is 4.40. The van der Waals surface area contributed by atoms with Crippen LogP contribution in [0, 0.1) is 11.2 Å². The van der Waals surface area contributed by atoms with E-state index in [0.29, 0.717) is 26.1 Å². The molecule has 1 spiro atoms. The fraction of sp³-hybridized carbons (Fsp3) is 0.650. The molecule has 1 amide bonds. The van der Waals surface area contributed by atoms with Gasteiger partial charge in [0.2, 0.25) is 5.91 Å². The second kappa shape index (κ2) is 8.35. The highest BCUT2D eigenvalue weighted by molar-refractivity contribution is 5.77. The van der Waals surface area contributed by atoms with Crippen LogP contribution in [0.3, 0.4) is 0 Å². The molecule has 0 aromatic heterocycles. The molecule has 0 N–H and O–H groups in total. The number of rotatable bonds is 6. The quantitative estimate of drug-likeness (QED) is 0.778. The predicted octanol–water partition coefficient (Wildman–Crippen LogP) is 2.69. The number of amides is 1. The van der Waals surface area contributed by atoms with E-state index in [9.17, 15) is 9.18 Å². The summed E-state index contributed by atoms with van der Waals surface area (Å²) in [7, 11) is 3.29. The van der Waals surface area contributed by atoms with E-state index in [1.165, 1.54) is 6.07 Å². The molecule has 2 heterocycles. The van der Waals surface area contributed by atoms with E-state index in [0.717, 1.165) is 50.2 Å². The van der Waals surface area contributed by atoms with Crippen LogP contribution in [0.25, 0.3) is 0 Å². The van der Waals surface area contributed by atoms with Crippen molar-refractivity contribution >= 4 is 5.91 Å². The van der Waals surface area contributed by atoms with Crippen molar-refractivity contribution in [2.75, 3.05) is 47.0 Å². The molecule has 0 aliphatic carbocycles. The molecule has 1 aromatic carbocycles. The maximum absolute atomic E-state index is 13.7. The lowest BCUT2D eigenvalue weighted by atomic mass is 9.73. The number of carbonyl (C=O) groups is 1. The Morgan fingerprint density at radius 1 is 1.23 bits per heavy atom. The molecule has 0 saturated carbocycles. The first kappa shape index (κ1) is 19.1. The summed E-state index contributed by atoms with van der Waals surface area (Å²) < 4.78 is 24.2. The van der Waals surface area contributed by atoms with Gasteiger partial charge in [0.05, 0.1) is 13.7 Å². The lowest BCUT2D eigenvalue weighted by Crippen LogP contribution is -2.54. The van der Waals surface area contributed by atoms with Gasteiger partial charge in [-0.05, 0) is 44.0 Å². The number of ether oxygens (including phenoxy) is 2. The minimum absolute atomic E-state index is 0.139. The Morgan fingerprint density at radius 3 is 2.85 bits per heavy atom. The van der Waals surface area contributed by atoms with E-state index < -0.39 is 0 Å². The van der Waals surface area contributed by atoms with Gasteiger partial charge in [0.1, 0.15) is 11.6 Å². The van der Waals surface area contributed by atoms with E-state index in [2.05, 4.69) is 4.90 Å². The van der Waals surface area contributed by atoms with E-state index >= 15 is 0 Å². The highest BCUT2D eigenvalue weighted by atomic mass is 19.1. The second-order valence-corrected chi connectivity index (χ2v) is 7.58. The Bertz CT molecular complexity index is 639. The van der Waals surface area contributed by atoms with E-state index in [1.807, 2.05) is 4.90 Å². The largest absolute Gasteiger partial charge is 0.496 e. The first-order valence-corrected chi connectivity index (χ1v) is 9.37. The summed E-state index contributed by atoms with van der Waals surface area (Å²) in [5.41, 5.74) is 1.02. The molecule has 2 fully saturated rings. The van der Waals surface area contributed by atoms with Gasteiger partial charge in [-0.3, -0.25) is 9.69 Å². The van der Waals surface area contributed by atoms with Crippen molar-refractivity contribution in [2.24, 2.45) is 5.41 Å². The zero-order chi connectivity index (χ0) is 18.6. The van der Waals surface area contributed by atoms with E-state index in [1.54, 1.807) is 26.4 Å². The van der Waals surface area contributed by atoms with Crippen molar-refractivity contribution in [2.45, 2.75) is 32.2 Å². The number of likely N-dealkylation sites (tertiary alicyclic amines) is 2. The number of hydrogen-bond acceptors (Lipinski definition) is 4. The normalized spacial score (nSPS) is 24.3. The van der Waals surface area contributed by atoms with Crippen LogP contribution in [0.2, 0.25) is 0 Å². The molecule has 3 rings (SSSR count). The Balaban J connectivity index is 1.69. The number of halogens is 1. The van der Waals surface area contributed by atoms with Crippen molar-refractivity contribution in [3.05, 3.63) is 29.6 Å². The number of piperidine rings is 2. The summed E-state index contributed by atoms with van der Waals surface area (Å²) in [5, 5.41) is 0. The number of nitrogens with zero attached hydrogens (tertiary/aromatic N) is 2. The number of hydrogen-bond donors (Lipinski definition) is 0. The predicted molar refractivity (Wildman–Crippen MR) is 97.6 cm³/mol. The molecule has 144 valence electrons. The van der Waals surface area contributed by atoms with Gasteiger partial charge in [-0.15, -0.1) is 0 Å². The summed E-state index contributed by atoms with van der Waals surface area (Å²) in [6.45, 7) is 4.64. The Morgan fingerprint density at radius 2 is 2.08 bits per heavy atom. The second-order valence-electron chi connectivity index (χ2n) is 7.58. The molecule has 0 bridgehead atoms. The van der Waals surface area contributed by atoms with Crippen LogP contribution in [0.15, 0.2) is 18.2 Å². The molecule has 1 atom stereocenters. The molecular weight excluding hydrogens is 335 g/mol. The molecular formula is C20H29FN2O3. The van der Waals surface area contributed by atoms with Gasteiger partial charge in [-0.25, -0.2) is 4.39 Å². The topological polar surface area (TPSA) is 42.0 Å². The SMILES string of the molecule is COCCN1C[C@@]2(CCCN(Cc3cc(F)ccc3OC)C2)CCC1=O. The monoisotopic (exact) mass is 364 g/mol. The standard InChI is InChI=1S/C20H29FN2O3/c1-25-11-10-23-15-20(8-6-19(23)24)7-3-9-22(14-20)13-16-12-17(21)4-5-18(16)26-2/h4-5,12H,3,6-11,13-15H2,1-2H3/t20-/m0/s1. The molecule has 0 radical (unpaired) electrons. The highest BCUT2D eigenvalue weighted by Gasteiger charge is 2.41. The Labute approximate surface area is 155 Å². The van der Waals surface area contributed by atoms with Gasteiger partial charge >= 0.3 is 0 Å². The molecule has 5 nitrogen and oxygen atoms in total. The summed E-state index contributed by atoms with van der Waals surface area (Å²) in [6, 6.07) is 4.69. The van der Waals surface area contributed by atoms with Crippen molar-refractivity contribution in [3.8, 4) is 5.75 Å². The third-order valence-electron chi connectivity index (χ3n) is 5.69. The smallest absolute Gasteiger partial charge is 0.222 e.